The van der Waals surface area contributed by atoms with E-state index in [0.717, 1.165) is 42.9 Å². The van der Waals surface area contributed by atoms with Crippen molar-refractivity contribution >= 4 is 17.1 Å². The summed E-state index contributed by atoms with van der Waals surface area (Å²) in [5.74, 6) is 0.478. The van der Waals surface area contributed by atoms with Gasteiger partial charge in [-0.1, -0.05) is 31.2 Å². The van der Waals surface area contributed by atoms with Crippen molar-refractivity contribution in [1.82, 2.24) is 0 Å². The van der Waals surface area contributed by atoms with Crippen molar-refractivity contribution in [2.24, 2.45) is 5.41 Å². The van der Waals surface area contributed by atoms with Crippen molar-refractivity contribution in [3.8, 4) is 0 Å². The van der Waals surface area contributed by atoms with Crippen LogP contribution in [-0.2, 0) is 6.42 Å². The molecule has 2 aliphatic rings. The van der Waals surface area contributed by atoms with E-state index >= 15 is 0 Å². The van der Waals surface area contributed by atoms with Gasteiger partial charge in [0.05, 0.1) is 6.10 Å². The Morgan fingerprint density at radius 1 is 1.24 bits per heavy atom. The van der Waals surface area contributed by atoms with Gasteiger partial charge in [-0.2, -0.15) is 0 Å². The van der Waals surface area contributed by atoms with Crippen LogP contribution in [0.4, 0.5) is 0 Å². The first-order valence-corrected chi connectivity index (χ1v) is 7.82. The maximum absolute atomic E-state index is 10.9. The summed E-state index contributed by atoms with van der Waals surface area (Å²) < 4.78 is 0. The average molecular weight is 280 g/mol. The minimum Gasteiger partial charge on any atom is -0.393 e. The molecule has 21 heavy (non-hydrogen) atoms. The summed E-state index contributed by atoms with van der Waals surface area (Å²) in [6, 6.07) is 10.3. The van der Waals surface area contributed by atoms with Gasteiger partial charge in [0.25, 0.3) is 0 Å². The van der Waals surface area contributed by atoms with Crippen LogP contribution in [0.5, 0.6) is 0 Å². The SMILES string of the molecule is CC12CCc3c(ccc4cc(C=O)ccc34)C1CC[C@@H]2O. The summed E-state index contributed by atoms with van der Waals surface area (Å²) in [5.41, 5.74) is 3.64. The van der Waals surface area contributed by atoms with Crippen LogP contribution in [0.25, 0.3) is 10.8 Å². The maximum Gasteiger partial charge on any atom is 0.150 e. The summed E-state index contributed by atoms with van der Waals surface area (Å²) in [4.78, 5) is 10.9. The highest BCUT2D eigenvalue weighted by molar-refractivity contribution is 5.92. The van der Waals surface area contributed by atoms with Gasteiger partial charge in [0.1, 0.15) is 6.29 Å². The van der Waals surface area contributed by atoms with Gasteiger partial charge in [-0.3, -0.25) is 4.79 Å². The molecular formula is C19H20O2. The van der Waals surface area contributed by atoms with Crippen LogP contribution in [0.2, 0.25) is 0 Å². The molecule has 0 saturated heterocycles. The van der Waals surface area contributed by atoms with Crippen LogP contribution in [0, 0.1) is 5.41 Å². The molecular weight excluding hydrogens is 260 g/mol. The molecule has 108 valence electrons. The lowest BCUT2D eigenvalue weighted by molar-refractivity contribution is 0.0459. The highest BCUT2D eigenvalue weighted by Crippen LogP contribution is 2.56. The average Bonchev–Trinajstić information content (AvgIpc) is 2.82. The zero-order chi connectivity index (χ0) is 14.6. The molecule has 2 aliphatic carbocycles. The van der Waals surface area contributed by atoms with Crippen LogP contribution in [-0.4, -0.2) is 17.5 Å². The Hall–Kier alpha value is -1.67. The second-order valence-electron chi connectivity index (χ2n) is 6.88. The number of carbonyl (C=O) groups excluding carboxylic acids is 1. The number of hydrogen-bond donors (Lipinski definition) is 1. The number of aliphatic hydroxyl groups excluding tert-OH is 1. The normalized spacial score (nSPS) is 31.0. The largest absolute Gasteiger partial charge is 0.393 e. The molecule has 2 nitrogen and oxygen atoms in total. The Balaban J connectivity index is 1.91. The Morgan fingerprint density at radius 2 is 2.10 bits per heavy atom. The molecule has 0 aliphatic heterocycles. The minimum absolute atomic E-state index is 0.0451. The fourth-order valence-electron chi connectivity index (χ4n) is 4.57. The Kier molecular flexibility index (Phi) is 2.74. The second-order valence-corrected chi connectivity index (χ2v) is 6.88. The van der Waals surface area contributed by atoms with Crippen molar-refractivity contribution in [2.45, 2.75) is 44.6 Å². The molecule has 0 aromatic heterocycles. The summed E-state index contributed by atoms with van der Waals surface area (Å²) in [5, 5.41) is 12.8. The molecule has 0 heterocycles. The zero-order valence-corrected chi connectivity index (χ0v) is 12.3. The van der Waals surface area contributed by atoms with E-state index in [2.05, 4.69) is 25.1 Å². The fraction of sp³-hybridized carbons (Fsp3) is 0.421. The van der Waals surface area contributed by atoms with E-state index < -0.39 is 0 Å². The summed E-state index contributed by atoms with van der Waals surface area (Å²) in [6.07, 6.45) is 4.83. The fourth-order valence-corrected chi connectivity index (χ4v) is 4.57. The highest BCUT2D eigenvalue weighted by atomic mass is 16.3. The van der Waals surface area contributed by atoms with Crippen molar-refractivity contribution in [1.29, 1.82) is 0 Å². The van der Waals surface area contributed by atoms with E-state index in [9.17, 15) is 9.90 Å². The topological polar surface area (TPSA) is 37.3 Å². The van der Waals surface area contributed by atoms with Gasteiger partial charge in [0.2, 0.25) is 0 Å². The molecule has 2 aromatic carbocycles. The number of rotatable bonds is 1. The molecule has 2 aromatic rings. The highest BCUT2D eigenvalue weighted by Gasteiger charge is 2.48. The van der Waals surface area contributed by atoms with E-state index in [4.69, 9.17) is 0 Å². The lowest BCUT2D eigenvalue weighted by atomic mass is 9.65. The Labute approximate surface area is 124 Å². The van der Waals surface area contributed by atoms with Gasteiger partial charge in [-0.15, -0.1) is 0 Å². The lowest BCUT2D eigenvalue weighted by Crippen LogP contribution is -2.35. The Morgan fingerprint density at radius 3 is 2.90 bits per heavy atom. The van der Waals surface area contributed by atoms with E-state index in [1.807, 2.05) is 12.1 Å². The summed E-state index contributed by atoms with van der Waals surface area (Å²) >= 11 is 0. The molecule has 1 fully saturated rings. The van der Waals surface area contributed by atoms with Crippen LogP contribution in [0.1, 0.15) is 53.6 Å². The van der Waals surface area contributed by atoms with E-state index in [1.54, 1.807) is 0 Å². The molecule has 0 bridgehead atoms. The Bertz CT molecular complexity index is 734. The van der Waals surface area contributed by atoms with Crippen LogP contribution in [0.3, 0.4) is 0 Å². The first-order valence-electron chi connectivity index (χ1n) is 7.82. The third-order valence-corrected chi connectivity index (χ3v) is 5.90. The number of aldehydes is 1. The molecule has 1 saturated carbocycles. The van der Waals surface area contributed by atoms with E-state index in [1.165, 1.54) is 16.5 Å². The van der Waals surface area contributed by atoms with E-state index in [0.29, 0.717) is 5.92 Å². The lowest BCUT2D eigenvalue weighted by Gasteiger charge is -2.40. The number of hydrogen-bond acceptors (Lipinski definition) is 2. The van der Waals surface area contributed by atoms with Crippen molar-refractivity contribution in [2.75, 3.05) is 0 Å². The molecule has 0 spiro atoms. The van der Waals surface area contributed by atoms with Crippen LogP contribution >= 0.6 is 0 Å². The van der Waals surface area contributed by atoms with Gasteiger partial charge in [0.15, 0.2) is 0 Å². The molecule has 4 rings (SSSR count). The first-order chi connectivity index (χ1) is 10.1. The number of benzene rings is 2. The second kappa shape index (κ2) is 4.41. The molecule has 0 amide bonds. The number of carbonyl (C=O) groups is 1. The standard InChI is InChI=1S/C19H20O2/c1-19-9-8-15-14-4-2-12(11-20)10-13(14)3-5-16(15)17(19)6-7-18(19)21/h2-5,10-11,17-18,21H,6-9H2,1H3/t17?,18-,19?/m0/s1. The first kappa shape index (κ1) is 13.0. The van der Waals surface area contributed by atoms with Crippen molar-refractivity contribution in [3.05, 3.63) is 47.0 Å². The van der Waals surface area contributed by atoms with Gasteiger partial charge < -0.3 is 5.11 Å². The third kappa shape index (κ3) is 1.72. The minimum atomic E-state index is -0.163. The molecule has 3 atom stereocenters. The molecule has 2 unspecified atom stereocenters. The van der Waals surface area contributed by atoms with Crippen molar-refractivity contribution in [3.63, 3.8) is 0 Å². The molecule has 2 heteroatoms. The predicted molar refractivity (Wildman–Crippen MR) is 83.7 cm³/mol. The smallest absolute Gasteiger partial charge is 0.150 e. The number of fused-ring (bicyclic) bond motifs is 5. The molecule has 0 radical (unpaired) electrons. The van der Waals surface area contributed by atoms with Crippen LogP contribution in [0.15, 0.2) is 30.3 Å². The maximum atomic E-state index is 10.9. The third-order valence-electron chi connectivity index (χ3n) is 5.90. The van der Waals surface area contributed by atoms with Gasteiger partial charge in [-0.25, -0.2) is 0 Å². The zero-order valence-electron chi connectivity index (χ0n) is 12.3. The quantitative estimate of drug-likeness (QED) is 0.806. The van der Waals surface area contributed by atoms with Crippen LogP contribution < -0.4 is 0 Å². The van der Waals surface area contributed by atoms with Gasteiger partial charge in [-0.05, 0) is 59.6 Å². The molecule has 1 N–H and O–H groups in total. The number of aryl methyl sites for hydroxylation is 1. The van der Waals surface area contributed by atoms with Gasteiger partial charge >= 0.3 is 0 Å². The summed E-state index contributed by atoms with van der Waals surface area (Å²) in [7, 11) is 0. The predicted octanol–water partition coefficient (Wildman–Crippen LogP) is 3.84. The van der Waals surface area contributed by atoms with Gasteiger partial charge in [0, 0.05) is 11.0 Å². The monoisotopic (exact) mass is 280 g/mol. The van der Waals surface area contributed by atoms with E-state index in [-0.39, 0.29) is 11.5 Å². The summed E-state index contributed by atoms with van der Waals surface area (Å²) in [6.45, 7) is 2.25. The van der Waals surface area contributed by atoms with Crippen molar-refractivity contribution < 1.29 is 9.90 Å². The number of aliphatic hydroxyl groups is 1.